The zero-order valence-corrected chi connectivity index (χ0v) is 21.4. The monoisotopic (exact) mass is 507 g/mol. The highest BCUT2D eigenvalue weighted by molar-refractivity contribution is 7.92. The van der Waals surface area contributed by atoms with Gasteiger partial charge in [-0.05, 0) is 67.8 Å². The second kappa shape index (κ2) is 10.1. The molecule has 1 fully saturated rings. The number of aryl methyl sites for hydroxylation is 3. The maximum Gasteiger partial charge on any atom is 0.336 e. The summed E-state index contributed by atoms with van der Waals surface area (Å²) in [6.45, 7) is 9.14. The summed E-state index contributed by atoms with van der Waals surface area (Å²) >= 11 is 0. The van der Waals surface area contributed by atoms with Crippen molar-refractivity contribution in [2.24, 2.45) is 0 Å². The molecule has 0 aliphatic carbocycles. The van der Waals surface area contributed by atoms with Crippen LogP contribution in [-0.4, -0.2) is 62.1 Å². The van der Waals surface area contributed by atoms with Gasteiger partial charge in [0, 0.05) is 50.2 Å². The van der Waals surface area contributed by atoms with E-state index in [1.807, 2.05) is 24.8 Å². The van der Waals surface area contributed by atoms with Crippen LogP contribution in [0.1, 0.15) is 33.5 Å². The number of aromatic nitrogens is 1. The second-order valence-corrected chi connectivity index (χ2v) is 10.8. The zero-order valence-electron chi connectivity index (χ0n) is 20.6. The molecule has 1 aliphatic heterocycles. The predicted octanol–water partition coefficient (Wildman–Crippen LogP) is 3.69. The number of fused-ring (bicyclic) bond motifs is 1. The quantitative estimate of drug-likeness (QED) is 0.496. The molecule has 1 saturated heterocycles. The van der Waals surface area contributed by atoms with E-state index in [9.17, 15) is 18.3 Å². The fourth-order valence-electron chi connectivity index (χ4n) is 4.46. The molecular weight excluding hydrogens is 478 g/mol. The number of carbonyl (C=O) groups is 1. The van der Waals surface area contributed by atoms with E-state index in [-0.39, 0.29) is 16.1 Å². The highest BCUT2D eigenvalue weighted by Crippen LogP contribution is 2.29. The lowest BCUT2D eigenvalue weighted by Gasteiger charge is -2.35. The van der Waals surface area contributed by atoms with Gasteiger partial charge in [0.1, 0.15) is 5.82 Å². The molecule has 0 bridgehead atoms. The number of nitriles is 1. The van der Waals surface area contributed by atoms with Crippen LogP contribution in [0.25, 0.3) is 10.9 Å². The van der Waals surface area contributed by atoms with E-state index in [4.69, 9.17) is 5.26 Å². The van der Waals surface area contributed by atoms with Crippen LogP contribution in [0, 0.1) is 32.1 Å². The Kier molecular flexibility index (Phi) is 7.15. The molecule has 9 nitrogen and oxygen atoms in total. The molecule has 2 N–H and O–H groups in total. The van der Waals surface area contributed by atoms with E-state index < -0.39 is 16.0 Å². The first-order valence-electron chi connectivity index (χ1n) is 11.7. The van der Waals surface area contributed by atoms with Crippen LogP contribution in [0.2, 0.25) is 0 Å². The number of rotatable bonds is 7. The highest BCUT2D eigenvalue weighted by Gasteiger charge is 2.22. The summed E-state index contributed by atoms with van der Waals surface area (Å²) in [6.07, 6.45) is 0.479. The minimum atomic E-state index is -3.87. The van der Waals surface area contributed by atoms with Crippen molar-refractivity contribution in [3.63, 3.8) is 0 Å². The average molecular weight is 508 g/mol. The summed E-state index contributed by atoms with van der Waals surface area (Å²) in [6, 6.07) is 11.9. The maximum absolute atomic E-state index is 13.1. The topological polar surface area (TPSA) is 127 Å². The van der Waals surface area contributed by atoms with Gasteiger partial charge in [0.15, 0.2) is 0 Å². The Hall–Kier alpha value is -3.68. The molecular formula is C26H29N5O4S. The predicted molar refractivity (Wildman–Crippen MR) is 139 cm³/mol. The normalized spacial score (nSPS) is 14.6. The number of piperazine rings is 1. The molecule has 0 atom stereocenters. The number of aromatic carboxylic acids is 1. The number of hydrogen-bond donors (Lipinski definition) is 2. The van der Waals surface area contributed by atoms with E-state index in [0.29, 0.717) is 41.8 Å². The number of anilines is 2. The number of carboxylic acid groups (broad SMARTS) is 1. The first kappa shape index (κ1) is 25.4. The minimum Gasteiger partial charge on any atom is -0.478 e. The molecule has 2 aromatic carbocycles. The first-order valence-corrected chi connectivity index (χ1v) is 13.2. The molecule has 188 valence electrons. The second-order valence-electron chi connectivity index (χ2n) is 9.11. The van der Waals surface area contributed by atoms with E-state index in [2.05, 4.69) is 20.7 Å². The van der Waals surface area contributed by atoms with Gasteiger partial charge in [-0.25, -0.2) is 18.2 Å². The average Bonchev–Trinajstić information content (AvgIpc) is 2.84. The van der Waals surface area contributed by atoms with Crippen molar-refractivity contribution in [1.82, 2.24) is 9.88 Å². The molecule has 0 amide bonds. The highest BCUT2D eigenvalue weighted by atomic mass is 32.2. The van der Waals surface area contributed by atoms with Crippen LogP contribution in [-0.2, 0) is 10.0 Å². The molecule has 1 aromatic heterocycles. The molecule has 10 heteroatoms. The minimum absolute atomic E-state index is 0.0605. The van der Waals surface area contributed by atoms with Gasteiger partial charge in [-0.3, -0.25) is 9.62 Å². The SMILES string of the molecule is Cc1cc(C)c(S(=O)(=O)Nc2ccc3nc(N4CCN(CCC#N)CC4)cc(C(=O)O)c3c2)cc1C. The molecule has 1 aliphatic rings. The van der Waals surface area contributed by atoms with Crippen molar-refractivity contribution in [1.29, 1.82) is 5.26 Å². The van der Waals surface area contributed by atoms with Crippen LogP contribution >= 0.6 is 0 Å². The van der Waals surface area contributed by atoms with Crippen LogP contribution in [0.4, 0.5) is 11.5 Å². The number of carboxylic acids is 1. The fraction of sp³-hybridized carbons (Fsp3) is 0.346. The van der Waals surface area contributed by atoms with E-state index in [0.717, 1.165) is 30.8 Å². The number of sulfonamides is 1. The summed E-state index contributed by atoms with van der Waals surface area (Å²) < 4.78 is 28.8. The van der Waals surface area contributed by atoms with Crippen molar-refractivity contribution in [2.45, 2.75) is 32.1 Å². The Morgan fingerprint density at radius 1 is 1.06 bits per heavy atom. The van der Waals surface area contributed by atoms with Gasteiger partial charge in [0.25, 0.3) is 10.0 Å². The van der Waals surface area contributed by atoms with Crippen molar-refractivity contribution in [2.75, 3.05) is 42.3 Å². The standard InChI is InChI=1S/C26H29N5O4S/c1-17-13-19(3)24(14-18(17)2)36(34,35)29-20-5-6-23-21(15-20)22(26(32)33)16-25(28-23)31-11-9-30(10-12-31)8-4-7-27/h5-6,13-16,29H,4,8-12H2,1-3H3,(H,32,33). The lowest BCUT2D eigenvalue weighted by atomic mass is 10.1. The van der Waals surface area contributed by atoms with Crippen LogP contribution in [0.15, 0.2) is 41.3 Å². The number of pyridine rings is 1. The Labute approximate surface area is 211 Å². The number of nitrogens with one attached hydrogen (secondary N) is 1. The van der Waals surface area contributed by atoms with E-state index in [1.165, 1.54) is 6.07 Å². The Morgan fingerprint density at radius 2 is 1.75 bits per heavy atom. The number of nitrogens with zero attached hydrogens (tertiary/aromatic N) is 4. The summed E-state index contributed by atoms with van der Waals surface area (Å²) in [7, 11) is -3.87. The van der Waals surface area contributed by atoms with Gasteiger partial charge < -0.3 is 10.0 Å². The smallest absolute Gasteiger partial charge is 0.336 e. The fourth-order valence-corrected chi connectivity index (χ4v) is 5.82. The molecule has 2 heterocycles. The third kappa shape index (κ3) is 5.27. The Balaban J connectivity index is 1.63. The number of hydrogen-bond acceptors (Lipinski definition) is 7. The van der Waals surface area contributed by atoms with E-state index in [1.54, 1.807) is 31.2 Å². The van der Waals surface area contributed by atoms with Crippen LogP contribution in [0.5, 0.6) is 0 Å². The van der Waals surface area contributed by atoms with Gasteiger partial charge in [-0.15, -0.1) is 0 Å². The molecule has 0 unspecified atom stereocenters. The van der Waals surface area contributed by atoms with Gasteiger partial charge in [0.2, 0.25) is 0 Å². The van der Waals surface area contributed by atoms with Crippen LogP contribution < -0.4 is 9.62 Å². The maximum atomic E-state index is 13.1. The lowest BCUT2D eigenvalue weighted by molar-refractivity contribution is 0.0699. The van der Waals surface area contributed by atoms with Crippen LogP contribution in [0.3, 0.4) is 0 Å². The molecule has 36 heavy (non-hydrogen) atoms. The van der Waals surface area contributed by atoms with Crippen molar-refractivity contribution in [3.8, 4) is 6.07 Å². The first-order chi connectivity index (χ1) is 17.1. The third-order valence-corrected chi connectivity index (χ3v) is 8.12. The van der Waals surface area contributed by atoms with Gasteiger partial charge in [0.05, 0.1) is 22.0 Å². The molecule has 0 spiro atoms. The summed E-state index contributed by atoms with van der Waals surface area (Å²) in [5.41, 5.74) is 3.32. The van der Waals surface area contributed by atoms with Gasteiger partial charge in [-0.2, -0.15) is 5.26 Å². The van der Waals surface area contributed by atoms with Crippen molar-refractivity contribution < 1.29 is 18.3 Å². The van der Waals surface area contributed by atoms with Crippen molar-refractivity contribution >= 4 is 38.4 Å². The third-order valence-electron chi connectivity index (χ3n) is 6.59. The molecule has 4 rings (SSSR count). The largest absolute Gasteiger partial charge is 0.478 e. The Bertz CT molecular complexity index is 1470. The zero-order chi connectivity index (χ0) is 26.0. The molecule has 0 radical (unpaired) electrons. The Morgan fingerprint density at radius 3 is 2.42 bits per heavy atom. The summed E-state index contributed by atoms with van der Waals surface area (Å²) in [5, 5.41) is 19.1. The number of benzene rings is 2. The molecule has 0 saturated carbocycles. The summed E-state index contributed by atoms with van der Waals surface area (Å²) in [5.74, 6) is -0.541. The van der Waals surface area contributed by atoms with E-state index >= 15 is 0 Å². The summed E-state index contributed by atoms with van der Waals surface area (Å²) in [4.78, 5) is 21.2. The lowest BCUT2D eigenvalue weighted by Crippen LogP contribution is -2.46. The van der Waals surface area contributed by atoms with Gasteiger partial charge in [-0.1, -0.05) is 6.07 Å². The van der Waals surface area contributed by atoms with Gasteiger partial charge >= 0.3 is 5.97 Å². The molecule has 3 aromatic rings. The van der Waals surface area contributed by atoms with Crippen molar-refractivity contribution in [3.05, 3.63) is 58.7 Å².